The van der Waals surface area contributed by atoms with Gasteiger partial charge in [-0.25, -0.2) is 0 Å². The lowest BCUT2D eigenvalue weighted by atomic mass is 9.88. The van der Waals surface area contributed by atoms with E-state index in [9.17, 15) is 0 Å². The van der Waals surface area contributed by atoms with Crippen molar-refractivity contribution in [3.05, 3.63) is 29.3 Å². The maximum Gasteiger partial charge on any atom is 0.122 e. The Balaban J connectivity index is 2.02. The lowest BCUT2D eigenvalue weighted by molar-refractivity contribution is 0.314. The molecule has 21 heavy (non-hydrogen) atoms. The summed E-state index contributed by atoms with van der Waals surface area (Å²) in [5.41, 5.74) is 2.92. The minimum absolute atomic E-state index is 0.216. The first-order valence-electron chi connectivity index (χ1n) is 8.27. The van der Waals surface area contributed by atoms with Gasteiger partial charge < -0.3 is 10.1 Å². The predicted octanol–water partition coefficient (Wildman–Crippen LogP) is 4.35. The Hall–Kier alpha value is -1.02. The van der Waals surface area contributed by atoms with Crippen LogP contribution in [0.2, 0.25) is 0 Å². The zero-order valence-electron chi connectivity index (χ0n) is 14.3. The first-order valence-corrected chi connectivity index (χ1v) is 8.27. The number of benzene rings is 1. The highest BCUT2D eigenvalue weighted by Gasteiger charge is 2.28. The van der Waals surface area contributed by atoms with Crippen LogP contribution in [0.4, 0.5) is 0 Å². The van der Waals surface area contributed by atoms with Crippen molar-refractivity contribution in [2.75, 3.05) is 13.7 Å². The molecule has 0 aliphatic heterocycles. The van der Waals surface area contributed by atoms with Gasteiger partial charge in [-0.3, -0.25) is 0 Å². The highest BCUT2D eigenvalue weighted by molar-refractivity contribution is 5.37. The van der Waals surface area contributed by atoms with E-state index in [1.54, 1.807) is 7.11 Å². The fourth-order valence-electron chi connectivity index (χ4n) is 3.44. The lowest BCUT2D eigenvalue weighted by Crippen LogP contribution is -2.40. The summed E-state index contributed by atoms with van der Waals surface area (Å²) in [6.07, 6.45) is 5.24. The summed E-state index contributed by atoms with van der Waals surface area (Å²) in [5.74, 6) is 2.64. The van der Waals surface area contributed by atoms with Gasteiger partial charge in [0.15, 0.2) is 0 Å². The Bertz CT molecular complexity index is 461. The Morgan fingerprint density at radius 1 is 1.19 bits per heavy atom. The van der Waals surface area contributed by atoms with E-state index in [0.717, 1.165) is 30.6 Å². The molecule has 1 aliphatic carbocycles. The molecule has 2 rings (SSSR count). The van der Waals surface area contributed by atoms with Crippen molar-refractivity contribution < 1.29 is 4.74 Å². The number of hydrogen-bond acceptors (Lipinski definition) is 2. The van der Waals surface area contributed by atoms with E-state index in [0.29, 0.717) is 0 Å². The fourth-order valence-corrected chi connectivity index (χ4v) is 3.44. The molecule has 2 unspecified atom stereocenters. The number of rotatable bonds is 5. The van der Waals surface area contributed by atoms with Crippen molar-refractivity contribution in [1.29, 1.82) is 0 Å². The highest BCUT2D eigenvalue weighted by atomic mass is 16.5. The molecule has 1 N–H and O–H groups in total. The summed E-state index contributed by atoms with van der Waals surface area (Å²) in [5, 5.41) is 3.69. The van der Waals surface area contributed by atoms with Gasteiger partial charge in [-0.15, -0.1) is 0 Å². The van der Waals surface area contributed by atoms with E-state index < -0.39 is 0 Å². The third-order valence-electron chi connectivity index (χ3n) is 4.63. The monoisotopic (exact) mass is 289 g/mol. The summed E-state index contributed by atoms with van der Waals surface area (Å²) >= 11 is 0. The second-order valence-corrected chi connectivity index (χ2v) is 7.60. The topological polar surface area (TPSA) is 21.3 Å². The fraction of sp³-hybridized carbons (Fsp3) is 0.684. The molecule has 0 radical (unpaired) electrons. The third-order valence-corrected chi connectivity index (χ3v) is 4.63. The van der Waals surface area contributed by atoms with Crippen LogP contribution >= 0.6 is 0 Å². The van der Waals surface area contributed by atoms with Crippen LogP contribution in [0.1, 0.15) is 51.2 Å². The van der Waals surface area contributed by atoms with Gasteiger partial charge in [0.05, 0.1) is 7.11 Å². The lowest BCUT2D eigenvalue weighted by Gasteiger charge is -2.27. The molecular formula is C19H31NO. The summed E-state index contributed by atoms with van der Waals surface area (Å²) in [7, 11) is 1.78. The van der Waals surface area contributed by atoms with Crippen LogP contribution in [0.3, 0.4) is 0 Å². The number of hydrogen-bond donors (Lipinski definition) is 1. The van der Waals surface area contributed by atoms with E-state index in [4.69, 9.17) is 4.74 Å². The summed E-state index contributed by atoms with van der Waals surface area (Å²) in [6.45, 7) is 10.1. The van der Waals surface area contributed by atoms with Crippen LogP contribution in [0, 0.1) is 18.8 Å². The molecule has 0 spiro atoms. The molecule has 0 aromatic heterocycles. The maximum absolute atomic E-state index is 5.54. The molecule has 1 saturated carbocycles. The normalized spacial score (nSPS) is 22.5. The molecule has 1 aliphatic rings. The molecule has 0 saturated heterocycles. The van der Waals surface area contributed by atoms with Gasteiger partial charge in [-0.05, 0) is 77.0 Å². The van der Waals surface area contributed by atoms with Crippen molar-refractivity contribution in [2.24, 2.45) is 11.8 Å². The summed E-state index contributed by atoms with van der Waals surface area (Å²) in [4.78, 5) is 0. The number of nitrogens with one attached hydrogen (secondary N) is 1. The van der Waals surface area contributed by atoms with E-state index in [2.05, 4.69) is 51.2 Å². The van der Waals surface area contributed by atoms with E-state index in [1.165, 1.54) is 30.4 Å². The van der Waals surface area contributed by atoms with Crippen molar-refractivity contribution in [3.8, 4) is 5.75 Å². The standard InChI is InChI=1S/C19H31NO/c1-14-9-10-18(21-5)17(11-14)12-15-7-6-8-16(15)13-20-19(2,3)4/h9-11,15-16,20H,6-8,12-13H2,1-5H3. The average Bonchev–Trinajstić information content (AvgIpc) is 2.83. The minimum atomic E-state index is 0.216. The highest BCUT2D eigenvalue weighted by Crippen LogP contribution is 2.36. The van der Waals surface area contributed by atoms with E-state index in [1.807, 2.05) is 0 Å². The van der Waals surface area contributed by atoms with Gasteiger partial charge in [0.1, 0.15) is 5.75 Å². The predicted molar refractivity (Wildman–Crippen MR) is 90.0 cm³/mol. The molecule has 0 amide bonds. The molecule has 0 heterocycles. The van der Waals surface area contributed by atoms with Gasteiger partial charge in [0.25, 0.3) is 0 Å². The van der Waals surface area contributed by atoms with Gasteiger partial charge >= 0.3 is 0 Å². The summed E-state index contributed by atoms with van der Waals surface area (Å²) in [6, 6.07) is 6.54. The van der Waals surface area contributed by atoms with Crippen LogP contribution in [-0.2, 0) is 6.42 Å². The number of methoxy groups -OCH3 is 1. The van der Waals surface area contributed by atoms with Gasteiger partial charge in [-0.1, -0.05) is 24.1 Å². The van der Waals surface area contributed by atoms with Gasteiger partial charge in [0, 0.05) is 5.54 Å². The minimum Gasteiger partial charge on any atom is -0.496 e. The van der Waals surface area contributed by atoms with Gasteiger partial charge in [-0.2, -0.15) is 0 Å². The van der Waals surface area contributed by atoms with Crippen LogP contribution in [0.25, 0.3) is 0 Å². The van der Waals surface area contributed by atoms with Crippen LogP contribution in [-0.4, -0.2) is 19.2 Å². The van der Waals surface area contributed by atoms with E-state index in [-0.39, 0.29) is 5.54 Å². The van der Waals surface area contributed by atoms with Gasteiger partial charge in [0.2, 0.25) is 0 Å². The third kappa shape index (κ3) is 4.74. The van der Waals surface area contributed by atoms with Crippen molar-refractivity contribution in [2.45, 2.75) is 58.9 Å². The second kappa shape index (κ2) is 6.83. The Labute approximate surface area is 130 Å². The average molecular weight is 289 g/mol. The SMILES string of the molecule is COc1ccc(C)cc1CC1CCCC1CNC(C)(C)C. The molecule has 1 aromatic rings. The molecule has 1 aromatic carbocycles. The smallest absolute Gasteiger partial charge is 0.122 e. The molecule has 2 heteroatoms. The number of aryl methyl sites for hydroxylation is 1. The first kappa shape index (κ1) is 16.4. The summed E-state index contributed by atoms with van der Waals surface area (Å²) < 4.78 is 5.54. The second-order valence-electron chi connectivity index (χ2n) is 7.60. The zero-order valence-corrected chi connectivity index (χ0v) is 14.3. The number of ether oxygens (including phenoxy) is 1. The van der Waals surface area contributed by atoms with Crippen molar-refractivity contribution in [1.82, 2.24) is 5.32 Å². The molecule has 2 nitrogen and oxygen atoms in total. The first-order chi connectivity index (χ1) is 9.89. The molecular weight excluding hydrogens is 258 g/mol. The molecule has 0 bridgehead atoms. The molecule has 2 atom stereocenters. The quantitative estimate of drug-likeness (QED) is 0.870. The Morgan fingerprint density at radius 2 is 1.90 bits per heavy atom. The van der Waals surface area contributed by atoms with Crippen molar-refractivity contribution >= 4 is 0 Å². The van der Waals surface area contributed by atoms with Crippen LogP contribution < -0.4 is 10.1 Å². The van der Waals surface area contributed by atoms with E-state index >= 15 is 0 Å². The molecule has 118 valence electrons. The van der Waals surface area contributed by atoms with Crippen LogP contribution in [0.15, 0.2) is 18.2 Å². The largest absolute Gasteiger partial charge is 0.496 e. The Morgan fingerprint density at radius 3 is 2.57 bits per heavy atom. The van der Waals surface area contributed by atoms with Crippen molar-refractivity contribution in [3.63, 3.8) is 0 Å². The Kier molecular flexibility index (Phi) is 5.32. The van der Waals surface area contributed by atoms with Crippen LogP contribution in [0.5, 0.6) is 5.75 Å². The molecule has 1 fully saturated rings. The maximum atomic E-state index is 5.54. The zero-order chi connectivity index (χ0) is 15.5.